The summed E-state index contributed by atoms with van der Waals surface area (Å²) in [6.07, 6.45) is 0. The highest BCUT2D eigenvalue weighted by atomic mass is 15.1. The molecule has 0 aliphatic heterocycles. The van der Waals surface area contributed by atoms with Crippen molar-refractivity contribution in [1.29, 1.82) is 5.26 Å². The van der Waals surface area contributed by atoms with Crippen molar-refractivity contribution in [1.82, 2.24) is 0 Å². The van der Waals surface area contributed by atoms with E-state index in [1.807, 2.05) is 30.3 Å². The third-order valence-electron chi connectivity index (χ3n) is 2.03. The van der Waals surface area contributed by atoms with Gasteiger partial charge in [-0.25, -0.2) is 0 Å². The van der Waals surface area contributed by atoms with Gasteiger partial charge in [-0.1, -0.05) is 18.2 Å². The molecule has 76 valence electrons. The van der Waals surface area contributed by atoms with Crippen LogP contribution in [0, 0.1) is 11.3 Å². The average molecular weight is 207 g/mol. The average Bonchev–Trinajstić information content (AvgIpc) is 2.38. The first-order valence-corrected chi connectivity index (χ1v) is 4.85. The van der Waals surface area contributed by atoms with Crippen LogP contribution in [-0.4, -0.2) is 0 Å². The predicted octanol–water partition coefficient (Wildman–Crippen LogP) is 3.97. The lowest BCUT2D eigenvalue weighted by molar-refractivity contribution is 1.23. The highest BCUT2D eigenvalue weighted by Gasteiger charge is 1.91. The molecule has 0 aromatic heterocycles. The molecule has 2 aromatic rings. The summed E-state index contributed by atoms with van der Waals surface area (Å²) in [7, 11) is 0. The highest BCUT2D eigenvalue weighted by Crippen LogP contribution is 2.17. The van der Waals surface area contributed by atoms with Crippen LogP contribution in [0.1, 0.15) is 5.56 Å². The largest absolute Gasteiger partial charge is 0.192 e. The zero-order chi connectivity index (χ0) is 11.2. The van der Waals surface area contributed by atoms with E-state index < -0.39 is 0 Å². The van der Waals surface area contributed by atoms with E-state index in [9.17, 15) is 0 Å². The first-order chi connectivity index (χ1) is 7.88. The van der Waals surface area contributed by atoms with E-state index in [2.05, 4.69) is 16.3 Å². The molecule has 0 bridgehead atoms. The fourth-order valence-electron chi connectivity index (χ4n) is 1.21. The summed E-state index contributed by atoms with van der Waals surface area (Å²) in [5.74, 6) is 0. The maximum Gasteiger partial charge on any atom is 0.0991 e. The van der Waals surface area contributed by atoms with E-state index >= 15 is 0 Å². The Morgan fingerprint density at radius 3 is 1.88 bits per heavy atom. The summed E-state index contributed by atoms with van der Waals surface area (Å²) in [4.78, 5) is 0. The van der Waals surface area contributed by atoms with Crippen molar-refractivity contribution in [3.05, 3.63) is 60.2 Å². The fraction of sp³-hybridized carbons (Fsp3) is 0. The van der Waals surface area contributed by atoms with Gasteiger partial charge in [0.2, 0.25) is 0 Å². The second-order valence-corrected chi connectivity index (χ2v) is 3.19. The van der Waals surface area contributed by atoms with Gasteiger partial charge in [0.1, 0.15) is 0 Å². The maximum atomic E-state index is 8.63. The topological polar surface area (TPSA) is 48.5 Å². The Morgan fingerprint density at radius 2 is 1.31 bits per heavy atom. The van der Waals surface area contributed by atoms with Crippen LogP contribution in [0.3, 0.4) is 0 Å². The normalized spacial score (nSPS) is 10.2. The van der Waals surface area contributed by atoms with E-state index in [0.717, 1.165) is 11.4 Å². The standard InChI is InChI=1S/C13H9N3/c14-10-11-6-8-13(9-7-11)16-15-12-4-2-1-3-5-12/h1-9H/b16-15+. The second-order valence-electron chi connectivity index (χ2n) is 3.19. The molecule has 0 heterocycles. The third-order valence-corrected chi connectivity index (χ3v) is 2.03. The van der Waals surface area contributed by atoms with Gasteiger partial charge in [-0.15, -0.1) is 0 Å². The van der Waals surface area contributed by atoms with Crippen LogP contribution in [0.15, 0.2) is 64.8 Å². The Balaban J connectivity index is 2.15. The van der Waals surface area contributed by atoms with E-state index in [-0.39, 0.29) is 0 Å². The van der Waals surface area contributed by atoms with Gasteiger partial charge in [-0.3, -0.25) is 0 Å². The van der Waals surface area contributed by atoms with E-state index in [1.54, 1.807) is 24.3 Å². The van der Waals surface area contributed by atoms with Gasteiger partial charge in [-0.2, -0.15) is 15.5 Å². The first-order valence-electron chi connectivity index (χ1n) is 4.85. The van der Waals surface area contributed by atoms with Crippen molar-refractivity contribution < 1.29 is 0 Å². The first kappa shape index (κ1) is 10.1. The molecule has 0 aliphatic carbocycles. The number of hydrogen-bond donors (Lipinski definition) is 0. The predicted molar refractivity (Wildman–Crippen MR) is 61.8 cm³/mol. The number of azo groups is 1. The van der Waals surface area contributed by atoms with Crippen molar-refractivity contribution in [3.8, 4) is 6.07 Å². The summed E-state index contributed by atoms with van der Waals surface area (Å²) >= 11 is 0. The number of benzene rings is 2. The van der Waals surface area contributed by atoms with Gasteiger partial charge in [0, 0.05) is 0 Å². The molecular weight excluding hydrogens is 198 g/mol. The molecule has 0 atom stereocenters. The summed E-state index contributed by atoms with van der Waals surface area (Å²) in [5, 5.41) is 16.8. The Hall–Kier alpha value is -2.47. The monoisotopic (exact) mass is 207 g/mol. The molecule has 2 aromatic carbocycles. The lowest BCUT2D eigenvalue weighted by Crippen LogP contribution is -1.70. The molecule has 0 unspecified atom stereocenters. The molecule has 0 spiro atoms. The van der Waals surface area contributed by atoms with Gasteiger partial charge < -0.3 is 0 Å². The fourth-order valence-corrected chi connectivity index (χ4v) is 1.21. The van der Waals surface area contributed by atoms with Crippen LogP contribution >= 0.6 is 0 Å². The van der Waals surface area contributed by atoms with Crippen LogP contribution < -0.4 is 0 Å². The summed E-state index contributed by atoms with van der Waals surface area (Å²) < 4.78 is 0. The second kappa shape index (κ2) is 4.85. The Morgan fingerprint density at radius 1 is 0.750 bits per heavy atom. The molecule has 0 aliphatic rings. The van der Waals surface area contributed by atoms with E-state index in [1.165, 1.54) is 0 Å². The van der Waals surface area contributed by atoms with E-state index in [0.29, 0.717) is 5.56 Å². The molecule has 0 amide bonds. The molecule has 16 heavy (non-hydrogen) atoms. The minimum atomic E-state index is 0.624. The van der Waals surface area contributed by atoms with Crippen molar-refractivity contribution in [2.24, 2.45) is 10.2 Å². The van der Waals surface area contributed by atoms with Crippen LogP contribution in [0.4, 0.5) is 11.4 Å². The van der Waals surface area contributed by atoms with Gasteiger partial charge in [0.25, 0.3) is 0 Å². The number of hydrogen-bond acceptors (Lipinski definition) is 3. The van der Waals surface area contributed by atoms with Crippen molar-refractivity contribution in [2.75, 3.05) is 0 Å². The van der Waals surface area contributed by atoms with Crippen molar-refractivity contribution in [3.63, 3.8) is 0 Å². The minimum Gasteiger partial charge on any atom is -0.192 e. The van der Waals surface area contributed by atoms with Gasteiger partial charge in [-0.05, 0) is 36.4 Å². The quantitative estimate of drug-likeness (QED) is 0.687. The third kappa shape index (κ3) is 2.52. The van der Waals surface area contributed by atoms with Gasteiger partial charge >= 0.3 is 0 Å². The zero-order valence-electron chi connectivity index (χ0n) is 8.54. The molecule has 2 rings (SSSR count). The lowest BCUT2D eigenvalue weighted by Gasteiger charge is -1.92. The van der Waals surface area contributed by atoms with Crippen molar-refractivity contribution >= 4 is 11.4 Å². The number of rotatable bonds is 2. The molecule has 0 fully saturated rings. The summed E-state index contributed by atoms with van der Waals surface area (Å²) in [6.45, 7) is 0. The highest BCUT2D eigenvalue weighted by molar-refractivity contribution is 5.43. The molecule has 3 heteroatoms. The van der Waals surface area contributed by atoms with Gasteiger partial charge in [0.05, 0.1) is 23.0 Å². The van der Waals surface area contributed by atoms with Crippen LogP contribution in [0.2, 0.25) is 0 Å². The van der Waals surface area contributed by atoms with Gasteiger partial charge in [0.15, 0.2) is 0 Å². The molecule has 0 saturated heterocycles. The SMILES string of the molecule is N#Cc1ccc(/N=N/c2ccccc2)cc1. The minimum absolute atomic E-state index is 0.624. The van der Waals surface area contributed by atoms with Crippen molar-refractivity contribution in [2.45, 2.75) is 0 Å². The Kier molecular flexibility index (Phi) is 3.05. The smallest absolute Gasteiger partial charge is 0.0991 e. The van der Waals surface area contributed by atoms with Crippen LogP contribution in [0.25, 0.3) is 0 Å². The lowest BCUT2D eigenvalue weighted by atomic mass is 10.2. The number of nitriles is 1. The molecule has 0 saturated carbocycles. The molecule has 0 N–H and O–H groups in total. The van der Waals surface area contributed by atoms with Crippen LogP contribution in [0.5, 0.6) is 0 Å². The van der Waals surface area contributed by atoms with E-state index in [4.69, 9.17) is 5.26 Å². The molecule has 0 radical (unpaired) electrons. The zero-order valence-corrected chi connectivity index (χ0v) is 8.54. The number of nitrogens with zero attached hydrogens (tertiary/aromatic N) is 3. The Labute approximate surface area is 93.7 Å². The summed E-state index contributed by atoms with van der Waals surface area (Å²) in [6, 6.07) is 18.6. The maximum absolute atomic E-state index is 8.63. The molecular formula is C13H9N3. The summed E-state index contributed by atoms with van der Waals surface area (Å²) in [5.41, 5.74) is 2.17. The Bertz CT molecular complexity index is 521. The molecule has 3 nitrogen and oxygen atoms in total. The van der Waals surface area contributed by atoms with Crippen LogP contribution in [-0.2, 0) is 0 Å².